The van der Waals surface area contributed by atoms with Crippen molar-refractivity contribution >= 4 is 16.9 Å². The first-order chi connectivity index (χ1) is 13.5. The summed E-state index contributed by atoms with van der Waals surface area (Å²) in [6.07, 6.45) is 2.63. The minimum atomic E-state index is -0.583. The Morgan fingerprint density at radius 1 is 1.07 bits per heavy atom. The van der Waals surface area contributed by atoms with Gasteiger partial charge in [0.2, 0.25) is 0 Å². The summed E-state index contributed by atoms with van der Waals surface area (Å²) < 4.78 is 0. The predicted molar refractivity (Wildman–Crippen MR) is 107 cm³/mol. The first-order valence-electron chi connectivity index (χ1n) is 9.66. The summed E-state index contributed by atoms with van der Waals surface area (Å²) in [5, 5.41) is 10.6. The van der Waals surface area contributed by atoms with Gasteiger partial charge in [-0.15, -0.1) is 0 Å². The quantitative estimate of drug-likeness (QED) is 0.759. The third-order valence-electron chi connectivity index (χ3n) is 5.59. The van der Waals surface area contributed by atoms with Crippen LogP contribution in [0.15, 0.2) is 42.6 Å². The zero-order valence-corrected chi connectivity index (χ0v) is 16.2. The number of fused-ring (bicyclic) bond motifs is 1. The van der Waals surface area contributed by atoms with Crippen LogP contribution >= 0.6 is 0 Å². The lowest BCUT2D eigenvalue weighted by molar-refractivity contribution is 0.0447. The Morgan fingerprint density at radius 2 is 1.79 bits per heavy atom. The smallest absolute Gasteiger partial charge is 0.253 e. The molecule has 1 atom stereocenters. The van der Waals surface area contributed by atoms with Crippen LogP contribution in [0.1, 0.15) is 46.4 Å². The third kappa shape index (κ3) is 3.60. The van der Waals surface area contributed by atoms with E-state index in [1.54, 1.807) is 6.20 Å². The number of rotatable bonds is 3. The monoisotopic (exact) mass is 376 g/mol. The number of pyridine rings is 1. The molecule has 1 aromatic carbocycles. The van der Waals surface area contributed by atoms with E-state index in [-0.39, 0.29) is 11.8 Å². The van der Waals surface area contributed by atoms with E-state index in [4.69, 9.17) is 0 Å². The van der Waals surface area contributed by atoms with Crippen LogP contribution in [0, 0.1) is 19.8 Å². The number of hydrogen-bond acceptors (Lipinski definition) is 5. The number of carbonyl (C=O) groups is 1. The van der Waals surface area contributed by atoms with Crippen molar-refractivity contribution in [3.63, 3.8) is 0 Å². The zero-order chi connectivity index (χ0) is 19.7. The molecule has 0 saturated carbocycles. The third-order valence-corrected chi connectivity index (χ3v) is 5.59. The van der Waals surface area contributed by atoms with E-state index in [2.05, 4.69) is 15.0 Å². The maximum absolute atomic E-state index is 12.9. The molecule has 4 rings (SSSR count). The van der Waals surface area contributed by atoms with Crippen LogP contribution in [0.5, 0.6) is 0 Å². The maximum Gasteiger partial charge on any atom is 0.253 e. The molecule has 0 bridgehead atoms. The highest BCUT2D eigenvalue weighted by Crippen LogP contribution is 2.30. The molecule has 0 spiro atoms. The van der Waals surface area contributed by atoms with E-state index >= 15 is 0 Å². The maximum atomic E-state index is 12.9. The van der Waals surface area contributed by atoms with E-state index < -0.39 is 6.10 Å². The number of aromatic nitrogens is 3. The molecule has 1 saturated heterocycles. The normalized spacial score (nSPS) is 16.3. The minimum Gasteiger partial charge on any atom is -0.387 e. The summed E-state index contributed by atoms with van der Waals surface area (Å²) in [6.45, 7) is 5.12. The summed E-state index contributed by atoms with van der Waals surface area (Å²) in [6, 6.07) is 11.1. The fraction of sp³-hybridized carbons (Fsp3) is 0.364. The number of amides is 1. The lowest BCUT2D eigenvalue weighted by atomic mass is 9.89. The van der Waals surface area contributed by atoms with Crippen LogP contribution in [-0.4, -0.2) is 44.0 Å². The Labute approximate surface area is 164 Å². The van der Waals surface area contributed by atoms with Crippen LogP contribution < -0.4 is 0 Å². The van der Waals surface area contributed by atoms with Crippen molar-refractivity contribution in [1.82, 2.24) is 19.9 Å². The molecule has 0 aliphatic carbocycles. The van der Waals surface area contributed by atoms with Gasteiger partial charge in [-0.1, -0.05) is 6.07 Å². The Kier molecular flexibility index (Phi) is 5.05. The fourth-order valence-corrected chi connectivity index (χ4v) is 3.76. The highest BCUT2D eigenvalue weighted by atomic mass is 16.3. The van der Waals surface area contributed by atoms with Gasteiger partial charge >= 0.3 is 0 Å². The van der Waals surface area contributed by atoms with Crippen LogP contribution in [0.2, 0.25) is 0 Å². The van der Waals surface area contributed by atoms with E-state index in [0.29, 0.717) is 24.3 Å². The Morgan fingerprint density at radius 3 is 2.46 bits per heavy atom. The van der Waals surface area contributed by atoms with Crippen molar-refractivity contribution in [2.75, 3.05) is 13.1 Å². The van der Waals surface area contributed by atoms with Gasteiger partial charge in [0.25, 0.3) is 5.91 Å². The number of aliphatic hydroxyl groups excluding tert-OH is 1. The van der Waals surface area contributed by atoms with E-state index in [1.807, 2.05) is 55.1 Å². The second-order valence-corrected chi connectivity index (χ2v) is 7.43. The average Bonchev–Trinajstić information content (AvgIpc) is 2.74. The van der Waals surface area contributed by atoms with Gasteiger partial charge in [-0.05, 0) is 62.9 Å². The van der Waals surface area contributed by atoms with Gasteiger partial charge in [0.05, 0.1) is 34.2 Å². The zero-order valence-electron chi connectivity index (χ0n) is 16.2. The number of likely N-dealkylation sites (tertiary alicyclic amines) is 1. The van der Waals surface area contributed by atoms with Crippen LogP contribution in [0.3, 0.4) is 0 Å². The summed E-state index contributed by atoms with van der Waals surface area (Å²) >= 11 is 0. The van der Waals surface area contributed by atoms with Crippen molar-refractivity contribution < 1.29 is 9.90 Å². The molecule has 3 heterocycles. The van der Waals surface area contributed by atoms with Gasteiger partial charge in [-0.2, -0.15) is 0 Å². The molecule has 2 aromatic heterocycles. The summed E-state index contributed by atoms with van der Waals surface area (Å²) in [7, 11) is 0. The first kappa shape index (κ1) is 18.5. The Bertz CT molecular complexity index is 998. The highest BCUT2D eigenvalue weighted by Gasteiger charge is 2.29. The van der Waals surface area contributed by atoms with Gasteiger partial charge < -0.3 is 10.0 Å². The van der Waals surface area contributed by atoms with Gasteiger partial charge in [-0.25, -0.2) is 9.97 Å². The number of nitrogens with zero attached hydrogens (tertiary/aromatic N) is 4. The molecule has 6 nitrogen and oxygen atoms in total. The average molecular weight is 376 g/mol. The standard InChI is InChI=1S/C22H24N4O2/c1-14-15(2)25-20-13-17(6-7-18(20)24-14)22(28)26-11-8-16(9-12-26)21(27)19-5-3-4-10-23-19/h3-7,10,13,16,21,27H,8-9,11-12H2,1-2H3/t21-/m0/s1. The highest BCUT2D eigenvalue weighted by molar-refractivity contribution is 5.97. The van der Waals surface area contributed by atoms with Crippen molar-refractivity contribution in [1.29, 1.82) is 0 Å². The van der Waals surface area contributed by atoms with E-state index in [1.165, 1.54) is 0 Å². The van der Waals surface area contributed by atoms with E-state index in [9.17, 15) is 9.90 Å². The second kappa shape index (κ2) is 7.64. The van der Waals surface area contributed by atoms with Crippen molar-refractivity contribution in [3.8, 4) is 0 Å². The second-order valence-electron chi connectivity index (χ2n) is 7.43. The lowest BCUT2D eigenvalue weighted by Crippen LogP contribution is -2.39. The first-order valence-corrected chi connectivity index (χ1v) is 9.66. The van der Waals surface area contributed by atoms with Crippen molar-refractivity contribution in [2.45, 2.75) is 32.8 Å². The Hall–Kier alpha value is -2.86. The SMILES string of the molecule is Cc1nc2ccc(C(=O)N3CCC([C@H](O)c4ccccn4)CC3)cc2nc1C. The summed E-state index contributed by atoms with van der Waals surface area (Å²) in [5.41, 5.74) is 4.66. The van der Waals surface area contributed by atoms with Gasteiger partial charge in [0, 0.05) is 24.8 Å². The molecular formula is C22H24N4O2. The van der Waals surface area contributed by atoms with Crippen molar-refractivity contribution in [2.24, 2.45) is 5.92 Å². The predicted octanol–water partition coefficient (Wildman–Crippen LogP) is 3.23. The van der Waals surface area contributed by atoms with Gasteiger partial charge in [0.1, 0.15) is 0 Å². The Balaban J connectivity index is 1.45. The molecular weight excluding hydrogens is 352 g/mol. The largest absolute Gasteiger partial charge is 0.387 e. The molecule has 1 aliphatic heterocycles. The number of carbonyl (C=O) groups excluding carboxylic acids is 1. The number of hydrogen-bond donors (Lipinski definition) is 1. The number of aliphatic hydroxyl groups is 1. The number of benzene rings is 1. The fourth-order valence-electron chi connectivity index (χ4n) is 3.76. The van der Waals surface area contributed by atoms with E-state index in [0.717, 1.165) is 35.3 Å². The molecule has 28 heavy (non-hydrogen) atoms. The summed E-state index contributed by atoms with van der Waals surface area (Å²) in [5.74, 6) is 0.125. The van der Waals surface area contributed by atoms with Crippen LogP contribution in [0.25, 0.3) is 11.0 Å². The molecule has 1 N–H and O–H groups in total. The molecule has 1 amide bonds. The molecule has 0 unspecified atom stereocenters. The molecule has 6 heteroatoms. The molecule has 144 valence electrons. The van der Waals surface area contributed by atoms with Gasteiger partial charge in [-0.3, -0.25) is 9.78 Å². The lowest BCUT2D eigenvalue weighted by Gasteiger charge is -2.34. The molecule has 0 radical (unpaired) electrons. The topological polar surface area (TPSA) is 79.2 Å². The number of piperidine rings is 1. The van der Waals surface area contributed by atoms with Crippen LogP contribution in [0.4, 0.5) is 0 Å². The molecule has 1 fully saturated rings. The molecule has 3 aromatic rings. The van der Waals surface area contributed by atoms with Crippen molar-refractivity contribution in [3.05, 3.63) is 65.2 Å². The number of aryl methyl sites for hydroxylation is 2. The van der Waals surface area contributed by atoms with Gasteiger partial charge in [0.15, 0.2) is 0 Å². The minimum absolute atomic E-state index is 0.00713. The molecule has 1 aliphatic rings. The van der Waals surface area contributed by atoms with Crippen LogP contribution in [-0.2, 0) is 0 Å². The summed E-state index contributed by atoms with van der Waals surface area (Å²) in [4.78, 5) is 28.1.